The monoisotopic (exact) mass is 519 g/mol. The number of hydrogen-bond donors (Lipinski definition) is 0. The van der Waals surface area contributed by atoms with E-state index in [-0.39, 0.29) is 17.7 Å². The number of nitrogens with zero attached hydrogens (tertiary/aromatic N) is 3. The molecule has 2 fully saturated rings. The zero-order valence-electron chi connectivity index (χ0n) is 22.3. The molecule has 2 aliphatic rings. The van der Waals surface area contributed by atoms with Gasteiger partial charge in [0, 0.05) is 44.2 Å². The third kappa shape index (κ3) is 6.09. The molecule has 1 amide bonds. The van der Waals surface area contributed by atoms with E-state index in [1.54, 1.807) is 12.1 Å². The number of rotatable bonds is 9. The van der Waals surface area contributed by atoms with Crippen LogP contribution in [0.2, 0.25) is 0 Å². The summed E-state index contributed by atoms with van der Waals surface area (Å²) in [7, 11) is 0. The molecule has 2 aromatic carbocycles. The number of carbonyl (C=O) groups is 2. The topological polar surface area (TPSA) is 54.8 Å². The van der Waals surface area contributed by atoms with Crippen molar-refractivity contribution in [2.45, 2.75) is 51.5 Å². The predicted octanol–water partition coefficient (Wildman–Crippen LogP) is 5.47. The van der Waals surface area contributed by atoms with Crippen molar-refractivity contribution < 1.29 is 18.7 Å². The maximum atomic E-state index is 13.6. The van der Waals surface area contributed by atoms with Gasteiger partial charge in [-0.05, 0) is 87.4 Å². The van der Waals surface area contributed by atoms with Crippen LogP contribution < -0.4 is 0 Å². The number of halogens is 1. The molecule has 2 saturated heterocycles. The smallest absolute Gasteiger partial charge is 0.305 e. The highest BCUT2D eigenvalue weighted by atomic mass is 19.1. The second-order valence-electron chi connectivity index (χ2n) is 10.7. The minimum atomic E-state index is -0.178. The van der Waals surface area contributed by atoms with Gasteiger partial charge in [0.15, 0.2) is 0 Å². The molecule has 3 heterocycles. The molecule has 0 spiro atoms. The number of hydrogen-bond acceptors (Lipinski definition) is 4. The average molecular weight is 520 g/mol. The molecule has 6 nitrogen and oxygen atoms in total. The van der Waals surface area contributed by atoms with E-state index < -0.39 is 0 Å². The number of likely N-dealkylation sites (tertiary alicyclic amines) is 2. The van der Waals surface area contributed by atoms with Gasteiger partial charge >= 0.3 is 5.97 Å². The molecule has 2 aliphatic heterocycles. The van der Waals surface area contributed by atoms with Crippen molar-refractivity contribution >= 4 is 22.8 Å². The third-order valence-electron chi connectivity index (χ3n) is 8.12. The van der Waals surface area contributed by atoms with Crippen molar-refractivity contribution in [3.63, 3.8) is 0 Å². The van der Waals surface area contributed by atoms with Crippen LogP contribution in [0.15, 0.2) is 54.7 Å². The van der Waals surface area contributed by atoms with E-state index in [9.17, 15) is 14.0 Å². The van der Waals surface area contributed by atoms with Gasteiger partial charge in [0.1, 0.15) is 5.82 Å². The minimum absolute atomic E-state index is 0.0958. The summed E-state index contributed by atoms with van der Waals surface area (Å²) in [6, 6.07) is 14.9. The molecule has 0 unspecified atom stereocenters. The molecule has 0 aliphatic carbocycles. The van der Waals surface area contributed by atoms with E-state index in [1.165, 1.54) is 5.56 Å². The number of esters is 1. The first kappa shape index (κ1) is 26.4. The normalized spacial score (nSPS) is 18.8. The van der Waals surface area contributed by atoms with Gasteiger partial charge in [-0.3, -0.25) is 9.59 Å². The summed E-state index contributed by atoms with van der Waals surface area (Å²) in [6.45, 7) is 7.57. The van der Waals surface area contributed by atoms with Gasteiger partial charge in [0.2, 0.25) is 0 Å². The van der Waals surface area contributed by atoms with E-state index in [1.807, 2.05) is 54.4 Å². The molecule has 0 bridgehead atoms. The number of benzene rings is 2. The Labute approximate surface area is 224 Å². The fraction of sp³-hybridized carbons (Fsp3) is 0.484. The number of ether oxygens (including phenoxy) is 1. The van der Waals surface area contributed by atoms with Gasteiger partial charge in [-0.1, -0.05) is 24.3 Å². The van der Waals surface area contributed by atoms with Crippen LogP contribution in [0.3, 0.4) is 0 Å². The summed E-state index contributed by atoms with van der Waals surface area (Å²) in [6.07, 6.45) is 6.27. The Bertz CT molecular complexity index is 1250. The maximum Gasteiger partial charge on any atom is 0.305 e. The van der Waals surface area contributed by atoms with E-state index in [0.717, 1.165) is 68.5 Å². The summed E-state index contributed by atoms with van der Waals surface area (Å²) < 4.78 is 20.4. The summed E-state index contributed by atoms with van der Waals surface area (Å²) >= 11 is 0. The van der Waals surface area contributed by atoms with Crippen LogP contribution in [0.5, 0.6) is 0 Å². The Balaban J connectivity index is 1.16. The first-order valence-corrected chi connectivity index (χ1v) is 14.0. The number of aromatic nitrogens is 1. The summed E-state index contributed by atoms with van der Waals surface area (Å²) in [5, 5.41) is 1.05. The van der Waals surface area contributed by atoms with Gasteiger partial charge in [0.25, 0.3) is 5.91 Å². The van der Waals surface area contributed by atoms with E-state index in [0.29, 0.717) is 37.8 Å². The van der Waals surface area contributed by atoms with E-state index in [4.69, 9.17) is 4.74 Å². The number of para-hydroxylation sites is 1. The molecule has 1 aromatic heterocycles. The minimum Gasteiger partial charge on any atom is -0.466 e. The van der Waals surface area contributed by atoms with Gasteiger partial charge in [-0.2, -0.15) is 0 Å². The highest BCUT2D eigenvalue weighted by Crippen LogP contribution is 2.30. The quantitative estimate of drug-likeness (QED) is 0.352. The zero-order valence-corrected chi connectivity index (χ0v) is 22.3. The first-order chi connectivity index (χ1) is 18.5. The summed E-state index contributed by atoms with van der Waals surface area (Å²) in [5.41, 5.74) is 2.93. The lowest BCUT2D eigenvalue weighted by Gasteiger charge is -2.33. The van der Waals surface area contributed by atoms with Crippen LogP contribution in [-0.2, 0) is 16.1 Å². The Kier molecular flexibility index (Phi) is 8.42. The van der Waals surface area contributed by atoms with Crippen molar-refractivity contribution in [2.75, 3.05) is 39.3 Å². The molecule has 1 atom stereocenters. The second kappa shape index (κ2) is 12.1. The standard InChI is InChI=1S/C31H38FN3O3/c1-2-38-29(36)7-4-16-34-20-15-26-5-3-6-28(30(26)34)31(37)35-19-12-23(22-35)21-33-17-13-25(14-18-33)24-8-10-27(32)11-9-24/h3,5-6,8-11,15,20,23,25H,2,4,7,12-14,16-19,21-22H2,1H3/t23-/m1/s1. The summed E-state index contributed by atoms with van der Waals surface area (Å²) in [4.78, 5) is 29.9. The SMILES string of the molecule is CCOC(=O)CCCn1ccc2cccc(C(=O)N3CC[C@H](CN4CCC(c5ccc(F)cc5)CC4)C3)c21. The van der Waals surface area contributed by atoms with Crippen molar-refractivity contribution in [3.05, 3.63) is 71.7 Å². The molecule has 7 heteroatoms. The molecule has 38 heavy (non-hydrogen) atoms. The molecular weight excluding hydrogens is 481 g/mol. The van der Waals surface area contributed by atoms with Crippen molar-refractivity contribution in [3.8, 4) is 0 Å². The van der Waals surface area contributed by atoms with Gasteiger partial charge in [0.05, 0.1) is 17.7 Å². The summed E-state index contributed by atoms with van der Waals surface area (Å²) in [5.74, 6) is 0.728. The number of carbonyl (C=O) groups excluding carboxylic acids is 2. The Hall–Kier alpha value is -3.19. The highest BCUT2D eigenvalue weighted by Gasteiger charge is 2.31. The maximum absolute atomic E-state index is 13.6. The van der Waals surface area contributed by atoms with E-state index in [2.05, 4.69) is 9.47 Å². The molecule has 0 saturated carbocycles. The van der Waals surface area contributed by atoms with Crippen molar-refractivity contribution in [2.24, 2.45) is 5.92 Å². The number of piperidine rings is 1. The van der Waals surface area contributed by atoms with Crippen molar-refractivity contribution in [1.82, 2.24) is 14.4 Å². The lowest BCUT2D eigenvalue weighted by Crippen LogP contribution is -2.38. The highest BCUT2D eigenvalue weighted by molar-refractivity contribution is 6.06. The van der Waals surface area contributed by atoms with Gasteiger partial charge in [-0.25, -0.2) is 4.39 Å². The molecular formula is C31H38FN3O3. The zero-order chi connectivity index (χ0) is 26.5. The molecule has 0 N–H and O–H groups in total. The fourth-order valence-electron chi connectivity index (χ4n) is 6.13. The van der Waals surface area contributed by atoms with Crippen LogP contribution in [0.25, 0.3) is 10.9 Å². The van der Waals surface area contributed by atoms with E-state index >= 15 is 0 Å². The lowest BCUT2D eigenvalue weighted by molar-refractivity contribution is -0.143. The van der Waals surface area contributed by atoms with Crippen LogP contribution in [0.4, 0.5) is 4.39 Å². The van der Waals surface area contributed by atoms with Crippen LogP contribution in [0, 0.1) is 11.7 Å². The Morgan fingerprint density at radius 3 is 2.55 bits per heavy atom. The number of amides is 1. The van der Waals surface area contributed by atoms with Crippen LogP contribution in [-0.4, -0.2) is 65.6 Å². The average Bonchev–Trinajstić information content (AvgIpc) is 3.57. The lowest BCUT2D eigenvalue weighted by atomic mass is 9.89. The predicted molar refractivity (Wildman–Crippen MR) is 147 cm³/mol. The first-order valence-electron chi connectivity index (χ1n) is 14.0. The fourth-order valence-corrected chi connectivity index (χ4v) is 6.13. The largest absolute Gasteiger partial charge is 0.466 e. The van der Waals surface area contributed by atoms with Gasteiger partial charge < -0.3 is 19.1 Å². The molecule has 0 radical (unpaired) electrons. The van der Waals surface area contributed by atoms with Crippen molar-refractivity contribution in [1.29, 1.82) is 0 Å². The third-order valence-corrected chi connectivity index (χ3v) is 8.12. The molecule has 5 rings (SSSR count). The van der Waals surface area contributed by atoms with Crippen LogP contribution >= 0.6 is 0 Å². The Morgan fingerprint density at radius 2 is 1.79 bits per heavy atom. The molecule has 202 valence electrons. The molecule has 3 aromatic rings. The Morgan fingerprint density at radius 1 is 1.00 bits per heavy atom. The van der Waals surface area contributed by atoms with Gasteiger partial charge in [-0.15, -0.1) is 0 Å². The number of fused-ring (bicyclic) bond motifs is 1. The van der Waals surface area contributed by atoms with Crippen LogP contribution in [0.1, 0.15) is 60.9 Å². The number of aryl methyl sites for hydroxylation is 1. The second-order valence-corrected chi connectivity index (χ2v) is 10.7.